The van der Waals surface area contributed by atoms with Gasteiger partial charge in [0.2, 0.25) is 0 Å². The molecule has 0 aromatic carbocycles. The summed E-state index contributed by atoms with van der Waals surface area (Å²) >= 11 is 6.26. The zero-order chi connectivity index (χ0) is 14.7. The molecule has 2 aromatic heterocycles. The average Bonchev–Trinajstić information content (AvgIpc) is 2.98. The molecule has 2 rings (SSSR count). The van der Waals surface area contributed by atoms with E-state index >= 15 is 0 Å². The number of rotatable bonds is 5. The molecular weight excluding hydrogens is 284 g/mol. The molecular formula is C11H15ClN6O2. The molecule has 20 heavy (non-hydrogen) atoms. The second-order valence-electron chi connectivity index (χ2n) is 4.07. The van der Waals surface area contributed by atoms with E-state index in [2.05, 4.69) is 20.6 Å². The van der Waals surface area contributed by atoms with Crippen LogP contribution in [0.15, 0.2) is 0 Å². The van der Waals surface area contributed by atoms with Crippen LogP contribution in [-0.4, -0.2) is 42.6 Å². The Hall–Kier alpha value is -1.96. The molecule has 0 aliphatic carbocycles. The monoisotopic (exact) mass is 298 g/mol. The predicted molar refractivity (Wildman–Crippen MR) is 70.5 cm³/mol. The SMILES string of the molecule is CCOC(=O)c1nnnn1Cc1c(Cl)c(CC)nn1C. The molecule has 0 spiro atoms. The highest BCUT2D eigenvalue weighted by Crippen LogP contribution is 2.21. The van der Waals surface area contributed by atoms with Crippen LogP contribution >= 0.6 is 11.6 Å². The highest BCUT2D eigenvalue weighted by Gasteiger charge is 2.20. The third-order valence-electron chi connectivity index (χ3n) is 2.79. The maximum atomic E-state index is 11.7. The van der Waals surface area contributed by atoms with E-state index in [1.54, 1.807) is 18.7 Å². The summed E-state index contributed by atoms with van der Waals surface area (Å²) in [5.41, 5.74) is 1.54. The third-order valence-corrected chi connectivity index (χ3v) is 3.23. The van der Waals surface area contributed by atoms with Crippen LogP contribution in [0.2, 0.25) is 5.02 Å². The Morgan fingerprint density at radius 3 is 2.75 bits per heavy atom. The van der Waals surface area contributed by atoms with Gasteiger partial charge in [0.1, 0.15) is 0 Å². The number of hydrogen-bond donors (Lipinski definition) is 0. The number of tetrazole rings is 1. The first-order valence-electron chi connectivity index (χ1n) is 6.22. The lowest BCUT2D eigenvalue weighted by Gasteiger charge is -2.05. The number of hydrogen-bond acceptors (Lipinski definition) is 6. The van der Waals surface area contributed by atoms with E-state index in [1.807, 2.05) is 6.92 Å². The van der Waals surface area contributed by atoms with Crippen LogP contribution in [-0.2, 0) is 24.8 Å². The molecule has 0 N–H and O–H groups in total. The van der Waals surface area contributed by atoms with Crippen molar-refractivity contribution in [3.8, 4) is 0 Å². The summed E-state index contributed by atoms with van der Waals surface area (Å²) in [5, 5.41) is 15.8. The Bertz CT molecular complexity index is 620. The first-order chi connectivity index (χ1) is 9.58. The number of nitrogens with zero attached hydrogens (tertiary/aromatic N) is 6. The smallest absolute Gasteiger partial charge is 0.378 e. The number of carbonyl (C=O) groups excluding carboxylic acids is 1. The summed E-state index contributed by atoms with van der Waals surface area (Å²) in [6, 6.07) is 0. The third kappa shape index (κ3) is 2.64. The summed E-state index contributed by atoms with van der Waals surface area (Å²) in [5.74, 6) is -0.520. The van der Waals surface area contributed by atoms with Gasteiger partial charge in [-0.2, -0.15) is 5.10 Å². The lowest BCUT2D eigenvalue weighted by atomic mass is 10.3. The van der Waals surface area contributed by atoms with Gasteiger partial charge < -0.3 is 4.74 Å². The minimum absolute atomic E-state index is 0.0437. The van der Waals surface area contributed by atoms with E-state index in [0.29, 0.717) is 5.02 Å². The minimum atomic E-state index is -0.563. The van der Waals surface area contributed by atoms with E-state index in [0.717, 1.165) is 17.8 Å². The lowest BCUT2D eigenvalue weighted by molar-refractivity contribution is 0.0505. The zero-order valence-electron chi connectivity index (χ0n) is 11.5. The van der Waals surface area contributed by atoms with E-state index in [9.17, 15) is 4.79 Å². The van der Waals surface area contributed by atoms with Crippen molar-refractivity contribution in [1.82, 2.24) is 30.0 Å². The molecule has 0 bridgehead atoms. The van der Waals surface area contributed by atoms with Crippen LogP contribution in [0.5, 0.6) is 0 Å². The molecule has 0 radical (unpaired) electrons. The summed E-state index contributed by atoms with van der Waals surface area (Å²) < 4.78 is 7.91. The van der Waals surface area contributed by atoms with Crippen LogP contribution in [0, 0.1) is 0 Å². The number of aryl methyl sites for hydroxylation is 2. The Labute approximate surface area is 120 Å². The molecule has 0 saturated heterocycles. The number of ether oxygens (including phenoxy) is 1. The highest BCUT2D eigenvalue weighted by molar-refractivity contribution is 6.31. The van der Waals surface area contributed by atoms with Gasteiger partial charge in [-0.15, -0.1) is 5.10 Å². The molecule has 0 aliphatic rings. The molecule has 8 nitrogen and oxygen atoms in total. The molecule has 0 aliphatic heterocycles. The van der Waals surface area contributed by atoms with E-state index < -0.39 is 5.97 Å². The Balaban J connectivity index is 2.29. The molecule has 2 heterocycles. The topological polar surface area (TPSA) is 87.7 Å². The Morgan fingerprint density at radius 1 is 1.40 bits per heavy atom. The van der Waals surface area contributed by atoms with Crippen molar-refractivity contribution in [3.05, 3.63) is 22.2 Å². The van der Waals surface area contributed by atoms with Crippen molar-refractivity contribution in [3.63, 3.8) is 0 Å². The molecule has 0 atom stereocenters. The summed E-state index contributed by atoms with van der Waals surface area (Å²) in [6.45, 7) is 4.21. The molecule has 0 saturated carbocycles. The molecule has 0 unspecified atom stereocenters. The fourth-order valence-electron chi connectivity index (χ4n) is 1.79. The number of esters is 1. The molecule has 9 heteroatoms. The van der Waals surface area contributed by atoms with E-state index in [1.165, 1.54) is 4.68 Å². The first-order valence-corrected chi connectivity index (χ1v) is 6.59. The highest BCUT2D eigenvalue weighted by atomic mass is 35.5. The minimum Gasteiger partial charge on any atom is -0.460 e. The quantitative estimate of drug-likeness (QED) is 0.760. The van der Waals surface area contributed by atoms with Crippen LogP contribution in [0.4, 0.5) is 0 Å². The van der Waals surface area contributed by atoms with Crippen molar-refractivity contribution in [2.75, 3.05) is 6.61 Å². The number of halogens is 1. The van der Waals surface area contributed by atoms with Gasteiger partial charge in [0.15, 0.2) is 0 Å². The summed E-state index contributed by atoms with van der Waals surface area (Å²) in [6.07, 6.45) is 0.729. The Morgan fingerprint density at radius 2 is 2.15 bits per heavy atom. The van der Waals surface area contributed by atoms with Gasteiger partial charge in [0, 0.05) is 7.05 Å². The molecule has 108 valence electrons. The van der Waals surface area contributed by atoms with Crippen molar-refractivity contribution in [2.24, 2.45) is 7.05 Å². The van der Waals surface area contributed by atoms with E-state index in [4.69, 9.17) is 16.3 Å². The standard InChI is InChI=1S/C11H15ClN6O2/c1-4-7-9(12)8(17(3)14-7)6-18-10(13-15-16-18)11(19)20-5-2/h4-6H2,1-3H3. The summed E-state index contributed by atoms with van der Waals surface area (Å²) in [4.78, 5) is 11.7. The molecule has 0 fully saturated rings. The van der Waals surface area contributed by atoms with Gasteiger partial charge in [0.05, 0.1) is 29.6 Å². The van der Waals surface area contributed by atoms with Gasteiger partial charge >= 0.3 is 5.97 Å². The van der Waals surface area contributed by atoms with Gasteiger partial charge in [-0.05, 0) is 23.8 Å². The average molecular weight is 299 g/mol. The number of aromatic nitrogens is 6. The van der Waals surface area contributed by atoms with Crippen molar-refractivity contribution < 1.29 is 9.53 Å². The van der Waals surface area contributed by atoms with Crippen molar-refractivity contribution >= 4 is 17.6 Å². The van der Waals surface area contributed by atoms with Crippen LogP contribution < -0.4 is 0 Å². The first kappa shape index (κ1) is 14.4. The van der Waals surface area contributed by atoms with Gasteiger partial charge in [0.25, 0.3) is 5.82 Å². The van der Waals surface area contributed by atoms with Gasteiger partial charge in [-0.3, -0.25) is 4.68 Å². The fraction of sp³-hybridized carbons (Fsp3) is 0.545. The van der Waals surface area contributed by atoms with Crippen LogP contribution in [0.1, 0.15) is 35.9 Å². The van der Waals surface area contributed by atoms with E-state index in [-0.39, 0.29) is 19.0 Å². The molecule has 0 amide bonds. The largest absolute Gasteiger partial charge is 0.460 e. The maximum absolute atomic E-state index is 11.7. The maximum Gasteiger partial charge on any atom is 0.378 e. The Kier molecular flexibility index (Phi) is 4.33. The second-order valence-corrected chi connectivity index (χ2v) is 4.44. The van der Waals surface area contributed by atoms with Crippen molar-refractivity contribution in [1.29, 1.82) is 0 Å². The normalized spacial score (nSPS) is 10.8. The van der Waals surface area contributed by atoms with Gasteiger partial charge in [-0.1, -0.05) is 18.5 Å². The van der Waals surface area contributed by atoms with Crippen LogP contribution in [0.25, 0.3) is 0 Å². The zero-order valence-corrected chi connectivity index (χ0v) is 12.3. The predicted octanol–water partition coefficient (Wildman–Crippen LogP) is 0.847. The van der Waals surface area contributed by atoms with Crippen LogP contribution in [0.3, 0.4) is 0 Å². The van der Waals surface area contributed by atoms with Gasteiger partial charge in [-0.25, -0.2) is 9.48 Å². The second kappa shape index (κ2) is 6.00. The molecule has 2 aromatic rings. The van der Waals surface area contributed by atoms with Crippen molar-refractivity contribution in [2.45, 2.75) is 26.8 Å². The summed E-state index contributed by atoms with van der Waals surface area (Å²) in [7, 11) is 1.79. The lowest BCUT2D eigenvalue weighted by Crippen LogP contribution is -2.16. The fourth-order valence-corrected chi connectivity index (χ4v) is 2.14. The number of carbonyl (C=O) groups is 1.